The lowest BCUT2D eigenvalue weighted by Gasteiger charge is -2.28. The number of para-hydroxylation sites is 1. The van der Waals surface area contributed by atoms with Crippen molar-refractivity contribution in [1.29, 1.82) is 0 Å². The summed E-state index contributed by atoms with van der Waals surface area (Å²) in [6, 6.07) is 9.34. The maximum Gasteiger partial charge on any atom is 0.245 e. The Morgan fingerprint density at radius 1 is 1.27 bits per heavy atom. The highest BCUT2D eigenvalue weighted by molar-refractivity contribution is 7.93. The number of nitrogens with zero attached hydrogens (tertiary/aromatic N) is 1. The molecule has 1 aliphatic rings. The van der Waals surface area contributed by atoms with Gasteiger partial charge in [0.2, 0.25) is 5.91 Å². The average Bonchev–Trinajstić information content (AvgIpc) is 2.62. The number of fused-ring (bicyclic) bond motifs is 1. The van der Waals surface area contributed by atoms with E-state index in [4.69, 9.17) is 4.74 Å². The first-order valence-corrected chi connectivity index (χ1v) is 10.4. The number of hydrogen-bond acceptors (Lipinski definition) is 5. The largest absolute Gasteiger partial charge is 0.381 e. The van der Waals surface area contributed by atoms with Crippen LogP contribution in [0.1, 0.15) is 26.7 Å². The fourth-order valence-electron chi connectivity index (χ4n) is 2.99. The van der Waals surface area contributed by atoms with E-state index in [-0.39, 0.29) is 11.7 Å². The number of nitrogens with one attached hydrogen (secondary N) is 1. The fourth-order valence-corrected chi connectivity index (χ4v) is 4.70. The monoisotopic (exact) mass is 376 g/mol. The summed E-state index contributed by atoms with van der Waals surface area (Å²) in [5.74, 6) is -0.489. The second kappa shape index (κ2) is 7.32. The van der Waals surface area contributed by atoms with E-state index in [0.29, 0.717) is 31.7 Å². The third-order valence-electron chi connectivity index (χ3n) is 4.97. The summed E-state index contributed by atoms with van der Waals surface area (Å²) in [7, 11) is -3.61. The SMILES string of the molecule is CC(C)(C(=O)Nc1cnc2ccccc2c1)S(=O)(=O)CC1CCOCC1. The minimum atomic E-state index is -3.61. The number of amides is 1. The summed E-state index contributed by atoms with van der Waals surface area (Å²) >= 11 is 0. The summed E-state index contributed by atoms with van der Waals surface area (Å²) in [6.07, 6.45) is 2.97. The van der Waals surface area contributed by atoms with Crippen molar-refractivity contribution in [2.24, 2.45) is 5.92 Å². The van der Waals surface area contributed by atoms with Crippen LogP contribution in [0.25, 0.3) is 10.9 Å². The van der Waals surface area contributed by atoms with Crippen LogP contribution in [-0.4, -0.2) is 43.0 Å². The van der Waals surface area contributed by atoms with Crippen molar-refractivity contribution >= 4 is 32.3 Å². The van der Waals surface area contributed by atoms with Gasteiger partial charge in [0.1, 0.15) is 4.75 Å². The molecule has 1 fully saturated rings. The molecular weight excluding hydrogens is 352 g/mol. The number of carbonyl (C=O) groups is 1. The van der Waals surface area contributed by atoms with Gasteiger partial charge in [0.25, 0.3) is 0 Å². The first kappa shape index (κ1) is 18.8. The molecule has 0 spiro atoms. The Hall–Kier alpha value is -1.99. The molecule has 2 heterocycles. The number of aromatic nitrogens is 1. The normalized spacial score (nSPS) is 16.5. The van der Waals surface area contributed by atoms with Crippen LogP contribution in [0.5, 0.6) is 0 Å². The molecule has 6 nitrogen and oxygen atoms in total. The van der Waals surface area contributed by atoms with Gasteiger partial charge >= 0.3 is 0 Å². The van der Waals surface area contributed by atoms with Crippen molar-refractivity contribution in [3.8, 4) is 0 Å². The number of anilines is 1. The zero-order chi connectivity index (χ0) is 18.8. The van der Waals surface area contributed by atoms with E-state index < -0.39 is 20.5 Å². The van der Waals surface area contributed by atoms with Crippen molar-refractivity contribution < 1.29 is 17.9 Å². The van der Waals surface area contributed by atoms with Gasteiger partial charge < -0.3 is 10.1 Å². The lowest BCUT2D eigenvalue weighted by Crippen LogP contribution is -2.47. The Balaban J connectivity index is 1.75. The zero-order valence-electron chi connectivity index (χ0n) is 15.1. The second-order valence-electron chi connectivity index (χ2n) is 7.22. The number of benzene rings is 1. The molecule has 26 heavy (non-hydrogen) atoms. The molecular formula is C19H24N2O4S. The van der Waals surface area contributed by atoms with Gasteiger partial charge in [-0.15, -0.1) is 0 Å². The number of sulfone groups is 1. The Morgan fingerprint density at radius 2 is 1.96 bits per heavy atom. The zero-order valence-corrected chi connectivity index (χ0v) is 15.9. The van der Waals surface area contributed by atoms with Crippen molar-refractivity contribution in [1.82, 2.24) is 4.98 Å². The van der Waals surface area contributed by atoms with E-state index in [1.807, 2.05) is 24.3 Å². The van der Waals surface area contributed by atoms with Gasteiger partial charge in [-0.1, -0.05) is 18.2 Å². The number of ether oxygens (including phenoxy) is 1. The highest BCUT2D eigenvalue weighted by atomic mass is 32.2. The molecule has 1 saturated heterocycles. The standard InChI is InChI=1S/C19H24N2O4S/c1-19(2,26(23,24)13-14-7-9-25-10-8-14)18(22)21-16-11-15-5-3-4-6-17(15)20-12-16/h3-6,11-12,14H,7-10,13H2,1-2H3,(H,21,22). The molecule has 7 heteroatoms. The lowest BCUT2D eigenvalue weighted by molar-refractivity contribution is -0.117. The Labute approximate surface area is 153 Å². The van der Waals surface area contributed by atoms with Crippen LogP contribution >= 0.6 is 0 Å². The van der Waals surface area contributed by atoms with Gasteiger partial charge in [-0.05, 0) is 44.7 Å². The molecule has 0 radical (unpaired) electrons. The Morgan fingerprint density at radius 3 is 2.69 bits per heavy atom. The molecule has 0 unspecified atom stereocenters. The molecule has 140 valence electrons. The van der Waals surface area contributed by atoms with Gasteiger partial charge in [-0.25, -0.2) is 8.42 Å². The lowest BCUT2D eigenvalue weighted by atomic mass is 10.0. The van der Waals surface area contributed by atoms with Crippen molar-refractivity contribution in [2.45, 2.75) is 31.4 Å². The fraction of sp³-hybridized carbons (Fsp3) is 0.474. The minimum Gasteiger partial charge on any atom is -0.381 e. The van der Waals surface area contributed by atoms with Crippen LogP contribution < -0.4 is 5.32 Å². The Bertz CT molecular complexity index is 903. The molecule has 1 aromatic carbocycles. The third kappa shape index (κ3) is 3.88. The van der Waals surface area contributed by atoms with Crippen molar-refractivity contribution in [2.75, 3.05) is 24.3 Å². The maximum atomic E-state index is 12.8. The maximum absolute atomic E-state index is 12.8. The number of carbonyl (C=O) groups excluding carboxylic acids is 1. The van der Waals surface area contributed by atoms with E-state index in [1.54, 1.807) is 12.3 Å². The molecule has 1 aliphatic heterocycles. The van der Waals surface area contributed by atoms with Gasteiger partial charge in [0, 0.05) is 18.6 Å². The average molecular weight is 376 g/mol. The summed E-state index contributed by atoms with van der Waals surface area (Å²) in [5, 5.41) is 3.59. The first-order chi connectivity index (χ1) is 12.3. The van der Waals surface area contributed by atoms with Gasteiger partial charge in [-0.3, -0.25) is 9.78 Å². The molecule has 0 aliphatic carbocycles. The van der Waals surface area contributed by atoms with Crippen molar-refractivity contribution in [3.05, 3.63) is 36.5 Å². The summed E-state index contributed by atoms with van der Waals surface area (Å²) in [6.45, 7) is 4.09. The van der Waals surface area contributed by atoms with E-state index >= 15 is 0 Å². The van der Waals surface area contributed by atoms with Gasteiger partial charge in [0.05, 0.1) is 23.2 Å². The van der Waals surface area contributed by atoms with Crippen LogP contribution in [0.2, 0.25) is 0 Å². The quantitative estimate of drug-likeness (QED) is 0.867. The first-order valence-electron chi connectivity index (χ1n) is 8.76. The van der Waals surface area contributed by atoms with E-state index in [2.05, 4.69) is 10.3 Å². The molecule has 3 rings (SSSR count). The van der Waals surface area contributed by atoms with Gasteiger partial charge in [-0.2, -0.15) is 0 Å². The minimum absolute atomic E-state index is 0.00670. The predicted molar refractivity (Wildman–Crippen MR) is 102 cm³/mol. The molecule has 1 aromatic heterocycles. The summed E-state index contributed by atoms with van der Waals surface area (Å²) in [4.78, 5) is 17.0. The molecule has 1 amide bonds. The molecule has 1 N–H and O–H groups in total. The van der Waals surface area contributed by atoms with Crippen LogP contribution in [0.3, 0.4) is 0 Å². The number of hydrogen-bond donors (Lipinski definition) is 1. The molecule has 0 atom stereocenters. The van der Waals surface area contributed by atoms with E-state index in [1.165, 1.54) is 13.8 Å². The van der Waals surface area contributed by atoms with E-state index in [9.17, 15) is 13.2 Å². The highest BCUT2D eigenvalue weighted by Gasteiger charge is 2.42. The third-order valence-corrected chi connectivity index (χ3v) is 7.62. The van der Waals surface area contributed by atoms with Crippen LogP contribution in [-0.2, 0) is 19.4 Å². The summed E-state index contributed by atoms with van der Waals surface area (Å²) in [5.41, 5.74) is 1.31. The Kier molecular flexibility index (Phi) is 5.29. The van der Waals surface area contributed by atoms with Crippen LogP contribution in [0, 0.1) is 5.92 Å². The van der Waals surface area contributed by atoms with Gasteiger partial charge in [0.15, 0.2) is 9.84 Å². The number of rotatable bonds is 5. The molecule has 0 saturated carbocycles. The van der Waals surface area contributed by atoms with Crippen LogP contribution in [0.15, 0.2) is 36.5 Å². The molecule has 0 bridgehead atoms. The van der Waals surface area contributed by atoms with E-state index in [0.717, 1.165) is 10.9 Å². The van der Waals surface area contributed by atoms with Crippen LogP contribution in [0.4, 0.5) is 5.69 Å². The predicted octanol–water partition coefficient (Wildman–Crippen LogP) is 2.79. The van der Waals surface area contributed by atoms with Crippen molar-refractivity contribution in [3.63, 3.8) is 0 Å². The topological polar surface area (TPSA) is 85.4 Å². The number of pyridine rings is 1. The smallest absolute Gasteiger partial charge is 0.245 e. The molecule has 2 aromatic rings. The summed E-state index contributed by atoms with van der Waals surface area (Å²) < 4.78 is 29.5. The second-order valence-corrected chi connectivity index (χ2v) is 9.80. The highest BCUT2D eigenvalue weighted by Crippen LogP contribution is 2.26.